The molecular formula is C13H25N3O. The number of nitrogens with one attached hydrogen (secondary N) is 1. The Morgan fingerprint density at radius 3 is 2.82 bits per heavy atom. The van der Waals surface area contributed by atoms with Crippen molar-refractivity contribution in [3.05, 3.63) is 0 Å². The van der Waals surface area contributed by atoms with Crippen molar-refractivity contribution in [3.63, 3.8) is 0 Å². The molecule has 3 N–H and O–H groups in total. The van der Waals surface area contributed by atoms with Crippen molar-refractivity contribution in [1.82, 2.24) is 10.2 Å². The lowest BCUT2D eigenvalue weighted by atomic mass is 9.98. The molecule has 1 amide bonds. The summed E-state index contributed by atoms with van der Waals surface area (Å²) in [5.41, 5.74) is 6.04. The number of rotatable bonds is 3. The Hall–Kier alpha value is -0.610. The molecule has 4 heteroatoms. The molecule has 0 aromatic heterocycles. The molecule has 0 aromatic rings. The lowest BCUT2D eigenvalue weighted by Gasteiger charge is -2.29. The third kappa shape index (κ3) is 2.80. The number of hydrogen-bond acceptors (Lipinski definition) is 3. The first-order valence-corrected chi connectivity index (χ1v) is 6.92. The van der Waals surface area contributed by atoms with E-state index < -0.39 is 0 Å². The lowest BCUT2D eigenvalue weighted by Crippen LogP contribution is -2.49. The van der Waals surface area contributed by atoms with Gasteiger partial charge in [0, 0.05) is 25.2 Å². The standard InChI is InChI=1S/C13H25N3O/c1-3-9(2)12(14)13(17)16-7-6-10-4-5-11(8-16)15-10/h9-12,15H,3-8,14H2,1-2H3. The minimum atomic E-state index is -0.323. The highest BCUT2D eigenvalue weighted by molar-refractivity contribution is 5.82. The van der Waals surface area contributed by atoms with Crippen LogP contribution in [0.25, 0.3) is 0 Å². The van der Waals surface area contributed by atoms with Gasteiger partial charge in [0.25, 0.3) is 0 Å². The number of carbonyl (C=O) groups is 1. The Kier molecular flexibility index (Phi) is 4.05. The maximum Gasteiger partial charge on any atom is 0.239 e. The Bertz CT molecular complexity index is 282. The van der Waals surface area contributed by atoms with Gasteiger partial charge in [-0.2, -0.15) is 0 Å². The smallest absolute Gasteiger partial charge is 0.239 e. The number of carbonyl (C=O) groups excluding carboxylic acids is 1. The number of hydrogen-bond donors (Lipinski definition) is 2. The second-order valence-electron chi connectivity index (χ2n) is 5.62. The molecule has 0 aromatic carbocycles. The largest absolute Gasteiger partial charge is 0.340 e. The van der Waals surface area contributed by atoms with Crippen LogP contribution >= 0.6 is 0 Å². The molecule has 2 fully saturated rings. The predicted molar refractivity (Wildman–Crippen MR) is 68.6 cm³/mol. The molecule has 2 rings (SSSR count). The molecule has 4 nitrogen and oxygen atoms in total. The molecule has 17 heavy (non-hydrogen) atoms. The molecule has 2 saturated heterocycles. The van der Waals surface area contributed by atoms with Crippen LogP contribution in [0.4, 0.5) is 0 Å². The van der Waals surface area contributed by atoms with Crippen molar-refractivity contribution in [1.29, 1.82) is 0 Å². The summed E-state index contributed by atoms with van der Waals surface area (Å²) < 4.78 is 0. The van der Waals surface area contributed by atoms with Gasteiger partial charge in [-0.25, -0.2) is 0 Å². The summed E-state index contributed by atoms with van der Waals surface area (Å²) in [4.78, 5) is 14.3. The highest BCUT2D eigenvalue weighted by atomic mass is 16.2. The number of nitrogens with two attached hydrogens (primary N) is 1. The quantitative estimate of drug-likeness (QED) is 0.762. The lowest BCUT2D eigenvalue weighted by molar-refractivity contribution is -0.134. The van der Waals surface area contributed by atoms with Crippen LogP contribution in [0.5, 0.6) is 0 Å². The first-order valence-electron chi connectivity index (χ1n) is 6.92. The van der Waals surface area contributed by atoms with Crippen LogP contribution < -0.4 is 11.1 Å². The van der Waals surface area contributed by atoms with Gasteiger partial charge < -0.3 is 16.0 Å². The van der Waals surface area contributed by atoms with Gasteiger partial charge in [-0.3, -0.25) is 4.79 Å². The number of nitrogens with zero attached hydrogens (tertiary/aromatic N) is 1. The van der Waals surface area contributed by atoms with Crippen LogP contribution in [-0.2, 0) is 4.79 Å². The average Bonchev–Trinajstić information content (AvgIpc) is 2.66. The van der Waals surface area contributed by atoms with Crippen LogP contribution in [0, 0.1) is 5.92 Å². The zero-order chi connectivity index (χ0) is 12.4. The van der Waals surface area contributed by atoms with E-state index in [-0.39, 0.29) is 17.9 Å². The molecule has 0 spiro atoms. The second kappa shape index (κ2) is 5.36. The molecule has 98 valence electrons. The molecule has 2 bridgehead atoms. The first kappa shape index (κ1) is 12.8. The third-order valence-corrected chi connectivity index (χ3v) is 4.38. The Morgan fingerprint density at radius 1 is 1.41 bits per heavy atom. The molecule has 2 aliphatic rings. The fraction of sp³-hybridized carbons (Fsp3) is 0.923. The summed E-state index contributed by atoms with van der Waals surface area (Å²) in [6, 6.07) is 0.796. The summed E-state index contributed by atoms with van der Waals surface area (Å²) in [5, 5.41) is 3.59. The predicted octanol–water partition coefficient (Wildman–Crippen LogP) is 0.713. The summed E-state index contributed by atoms with van der Waals surface area (Å²) in [5.74, 6) is 0.421. The summed E-state index contributed by atoms with van der Waals surface area (Å²) in [6.45, 7) is 5.87. The van der Waals surface area contributed by atoms with Gasteiger partial charge in [0.15, 0.2) is 0 Å². The van der Waals surface area contributed by atoms with Crippen LogP contribution in [0.3, 0.4) is 0 Å². The van der Waals surface area contributed by atoms with Gasteiger partial charge in [0.05, 0.1) is 6.04 Å². The minimum Gasteiger partial charge on any atom is -0.340 e. The van der Waals surface area contributed by atoms with Crippen molar-refractivity contribution in [2.45, 2.75) is 57.7 Å². The van der Waals surface area contributed by atoms with Gasteiger partial charge >= 0.3 is 0 Å². The monoisotopic (exact) mass is 239 g/mol. The van der Waals surface area contributed by atoms with Gasteiger partial charge in [-0.1, -0.05) is 20.3 Å². The molecule has 0 aliphatic carbocycles. The maximum absolute atomic E-state index is 12.3. The van der Waals surface area contributed by atoms with Crippen molar-refractivity contribution >= 4 is 5.91 Å². The zero-order valence-electron chi connectivity index (χ0n) is 11.0. The minimum absolute atomic E-state index is 0.147. The SMILES string of the molecule is CCC(C)C(N)C(=O)N1CCC2CCC(C1)N2. The topological polar surface area (TPSA) is 58.4 Å². The average molecular weight is 239 g/mol. The maximum atomic E-state index is 12.3. The van der Waals surface area contributed by atoms with Crippen molar-refractivity contribution in [2.75, 3.05) is 13.1 Å². The van der Waals surface area contributed by atoms with E-state index in [9.17, 15) is 4.79 Å². The summed E-state index contributed by atoms with van der Waals surface area (Å²) >= 11 is 0. The molecule has 0 radical (unpaired) electrons. The van der Waals surface area contributed by atoms with Crippen molar-refractivity contribution in [2.24, 2.45) is 11.7 Å². The van der Waals surface area contributed by atoms with Gasteiger partial charge in [0.2, 0.25) is 5.91 Å². The van der Waals surface area contributed by atoms with E-state index >= 15 is 0 Å². The summed E-state index contributed by atoms with van der Waals surface area (Å²) in [7, 11) is 0. The van der Waals surface area contributed by atoms with E-state index in [1.54, 1.807) is 0 Å². The van der Waals surface area contributed by atoms with E-state index in [4.69, 9.17) is 5.73 Å². The number of likely N-dealkylation sites (tertiary alicyclic amines) is 1. The number of fused-ring (bicyclic) bond motifs is 2. The Labute approximate surface area is 104 Å². The molecular weight excluding hydrogens is 214 g/mol. The molecule has 4 atom stereocenters. The van der Waals surface area contributed by atoms with E-state index in [1.807, 2.05) is 4.90 Å². The third-order valence-electron chi connectivity index (χ3n) is 4.38. The molecule has 2 heterocycles. The first-order chi connectivity index (χ1) is 8.11. The highest BCUT2D eigenvalue weighted by Gasteiger charge is 2.33. The van der Waals surface area contributed by atoms with E-state index in [0.29, 0.717) is 12.1 Å². The van der Waals surface area contributed by atoms with Gasteiger partial charge in [0.1, 0.15) is 0 Å². The van der Waals surface area contributed by atoms with Gasteiger partial charge in [-0.15, -0.1) is 0 Å². The van der Waals surface area contributed by atoms with Crippen LogP contribution in [0.15, 0.2) is 0 Å². The van der Waals surface area contributed by atoms with E-state index in [0.717, 1.165) is 25.9 Å². The number of amides is 1. The van der Waals surface area contributed by atoms with Gasteiger partial charge in [-0.05, 0) is 25.2 Å². The fourth-order valence-corrected chi connectivity index (χ4v) is 2.85. The van der Waals surface area contributed by atoms with Crippen LogP contribution in [-0.4, -0.2) is 42.0 Å². The Balaban J connectivity index is 1.95. The van der Waals surface area contributed by atoms with E-state index in [1.165, 1.54) is 12.8 Å². The molecule has 4 unspecified atom stereocenters. The second-order valence-corrected chi connectivity index (χ2v) is 5.62. The van der Waals surface area contributed by atoms with Crippen LogP contribution in [0.2, 0.25) is 0 Å². The molecule has 0 saturated carbocycles. The Morgan fingerprint density at radius 2 is 2.12 bits per heavy atom. The normalized spacial score (nSPS) is 32.1. The van der Waals surface area contributed by atoms with Crippen molar-refractivity contribution in [3.8, 4) is 0 Å². The van der Waals surface area contributed by atoms with Crippen molar-refractivity contribution < 1.29 is 4.79 Å². The summed E-state index contributed by atoms with van der Waals surface area (Å²) in [6.07, 6.45) is 4.51. The highest BCUT2D eigenvalue weighted by Crippen LogP contribution is 2.21. The fourth-order valence-electron chi connectivity index (χ4n) is 2.85. The van der Waals surface area contributed by atoms with Crippen LogP contribution in [0.1, 0.15) is 39.5 Å². The molecule has 2 aliphatic heterocycles. The van der Waals surface area contributed by atoms with E-state index in [2.05, 4.69) is 19.2 Å². The zero-order valence-corrected chi connectivity index (χ0v) is 11.0.